The number of hydroxylamine groups is 2. The SMILES string of the molecule is CC(C)(C)OC(=O)CCC(CO)NC(=O)C1CCCN1C(=O)C12CC3OC(=O)C1N(Cc1ccc(I)cc1)OC2C1OC(C2CC2)(C2CC2)OC31. The molecule has 4 saturated heterocycles. The van der Waals surface area contributed by atoms with Crippen molar-refractivity contribution in [2.24, 2.45) is 17.3 Å². The van der Waals surface area contributed by atoms with E-state index in [1.54, 1.807) is 30.7 Å². The van der Waals surface area contributed by atoms with E-state index in [-0.39, 0.29) is 50.2 Å². The number of carbonyl (C=O) groups excluding carboxylic acids is 4. The number of aliphatic hydroxyl groups excluding tert-OH is 1. The Morgan fingerprint density at radius 3 is 2.39 bits per heavy atom. The average molecular weight is 822 g/mol. The van der Waals surface area contributed by atoms with Crippen LogP contribution in [0.15, 0.2) is 24.3 Å². The van der Waals surface area contributed by atoms with E-state index in [2.05, 4.69) is 27.9 Å². The Balaban J connectivity index is 1.07. The number of nitrogens with one attached hydrogen (secondary N) is 1. The summed E-state index contributed by atoms with van der Waals surface area (Å²) in [5.74, 6) is -1.92. The van der Waals surface area contributed by atoms with Crippen LogP contribution < -0.4 is 5.32 Å². The number of carbonyl (C=O) groups is 4. The van der Waals surface area contributed by atoms with Gasteiger partial charge in [0.1, 0.15) is 41.5 Å². The normalized spacial score (nSPS) is 34.5. The Morgan fingerprint density at radius 2 is 1.75 bits per heavy atom. The van der Waals surface area contributed by atoms with Gasteiger partial charge in [-0.05, 0) is 106 Å². The number of fused-ring (bicyclic) bond motifs is 4. The fourth-order valence-corrected chi connectivity index (χ4v) is 9.52. The van der Waals surface area contributed by atoms with Crippen LogP contribution in [0.2, 0.25) is 0 Å². The molecule has 7 aliphatic rings. The van der Waals surface area contributed by atoms with Crippen LogP contribution >= 0.6 is 22.6 Å². The first-order chi connectivity index (χ1) is 24.3. The fourth-order valence-electron chi connectivity index (χ4n) is 9.16. The third kappa shape index (κ3) is 6.38. The largest absolute Gasteiger partial charge is 0.460 e. The van der Waals surface area contributed by atoms with Crippen molar-refractivity contribution < 1.29 is 48.1 Å². The highest BCUT2D eigenvalue weighted by molar-refractivity contribution is 14.1. The monoisotopic (exact) mass is 821 g/mol. The molecule has 8 unspecified atom stereocenters. The first-order valence-electron chi connectivity index (χ1n) is 18.5. The number of amides is 2. The van der Waals surface area contributed by atoms with Gasteiger partial charge in [-0.2, -0.15) is 5.06 Å². The molecule has 0 spiro atoms. The molecule has 13 nitrogen and oxygen atoms in total. The smallest absolute Gasteiger partial charge is 0.327 e. The second-order valence-corrected chi connectivity index (χ2v) is 17.7. The zero-order valence-electron chi connectivity index (χ0n) is 29.4. The molecule has 8 rings (SSSR count). The van der Waals surface area contributed by atoms with E-state index >= 15 is 4.79 Å². The average Bonchev–Trinajstić information content (AvgIpc) is 4.00. The summed E-state index contributed by atoms with van der Waals surface area (Å²) >= 11 is 2.24. The summed E-state index contributed by atoms with van der Waals surface area (Å²) in [5, 5.41) is 14.6. The van der Waals surface area contributed by atoms with E-state index in [0.717, 1.165) is 34.8 Å². The lowest BCUT2D eigenvalue weighted by Crippen LogP contribution is -2.70. The van der Waals surface area contributed by atoms with Crippen molar-refractivity contribution >= 4 is 46.3 Å². The van der Waals surface area contributed by atoms with Crippen LogP contribution in [-0.4, -0.2) is 106 Å². The zero-order valence-corrected chi connectivity index (χ0v) is 31.5. The summed E-state index contributed by atoms with van der Waals surface area (Å²) in [6, 6.07) is 5.36. The first-order valence-corrected chi connectivity index (χ1v) is 19.6. The number of rotatable bonds is 11. The van der Waals surface area contributed by atoms with Gasteiger partial charge in [-0.25, -0.2) is 0 Å². The van der Waals surface area contributed by atoms with E-state index in [1.807, 2.05) is 24.3 Å². The minimum Gasteiger partial charge on any atom is -0.460 e. The minimum absolute atomic E-state index is 0.0215. The van der Waals surface area contributed by atoms with Gasteiger partial charge < -0.3 is 34.3 Å². The third-order valence-electron chi connectivity index (χ3n) is 11.6. The van der Waals surface area contributed by atoms with Crippen molar-refractivity contribution in [3.05, 3.63) is 33.4 Å². The number of nitrogens with zero attached hydrogens (tertiary/aromatic N) is 2. The second kappa shape index (κ2) is 13.2. The molecule has 0 radical (unpaired) electrons. The molecule has 14 heteroatoms. The molecule has 3 aliphatic carbocycles. The van der Waals surface area contributed by atoms with E-state index in [9.17, 15) is 19.5 Å². The van der Waals surface area contributed by atoms with Crippen LogP contribution in [0, 0.1) is 20.8 Å². The highest BCUT2D eigenvalue weighted by Crippen LogP contribution is 2.64. The molecule has 4 heterocycles. The lowest BCUT2D eigenvalue weighted by molar-refractivity contribution is -0.235. The summed E-state index contributed by atoms with van der Waals surface area (Å²) < 4.78 is 26.4. The van der Waals surface area contributed by atoms with E-state index < -0.39 is 77.2 Å². The quantitative estimate of drug-likeness (QED) is 0.251. The third-order valence-corrected chi connectivity index (χ3v) is 12.4. The molecule has 0 aromatic heterocycles. The molecule has 51 heavy (non-hydrogen) atoms. The second-order valence-electron chi connectivity index (χ2n) is 16.5. The maximum atomic E-state index is 15.3. The zero-order chi connectivity index (χ0) is 35.9. The van der Waals surface area contributed by atoms with Crippen LogP contribution in [0.1, 0.15) is 84.1 Å². The molecular weight excluding hydrogens is 773 g/mol. The fraction of sp³-hybridized carbons (Fsp3) is 0.730. The molecule has 1 aromatic carbocycles. The lowest BCUT2D eigenvalue weighted by atomic mass is 9.62. The van der Waals surface area contributed by atoms with Gasteiger partial charge in [0.2, 0.25) is 11.8 Å². The van der Waals surface area contributed by atoms with Gasteiger partial charge in [-0.15, -0.1) is 0 Å². The summed E-state index contributed by atoms with van der Waals surface area (Å²) in [4.78, 5) is 64.0. The van der Waals surface area contributed by atoms with Crippen LogP contribution in [0.25, 0.3) is 0 Å². The highest BCUT2D eigenvalue weighted by Gasteiger charge is 2.78. The van der Waals surface area contributed by atoms with Crippen molar-refractivity contribution in [2.75, 3.05) is 13.2 Å². The molecule has 278 valence electrons. The van der Waals surface area contributed by atoms with Crippen molar-refractivity contribution in [3.63, 3.8) is 0 Å². The molecule has 3 saturated carbocycles. The van der Waals surface area contributed by atoms with Crippen LogP contribution in [0.5, 0.6) is 0 Å². The Bertz CT molecular complexity index is 1550. The standard InChI is InChI=1S/C37H48IN3O10/c1-35(2,3)48-27(43)15-14-24(19-42)39-32(44)25-5-4-16-40(25)34(46)36-17-26-28-29(50-37(49-28,21-8-9-21)22-10-11-22)31(36)51-41(30(36)33(45)47-26)18-20-6-12-23(38)13-7-20/h6-7,12-13,21-22,24-26,28-31,42H,4-5,8-11,14-19H2,1-3H3,(H,39,44). The Labute approximate surface area is 311 Å². The molecule has 1 aromatic rings. The number of ether oxygens (including phenoxy) is 4. The first kappa shape index (κ1) is 35.6. The molecule has 7 fully saturated rings. The van der Waals surface area contributed by atoms with Gasteiger partial charge in [-0.3, -0.25) is 24.0 Å². The summed E-state index contributed by atoms with van der Waals surface area (Å²) in [6.07, 6.45) is 2.75. The number of esters is 2. The number of likely N-dealkylation sites (tertiary alicyclic amines) is 1. The van der Waals surface area contributed by atoms with Crippen molar-refractivity contribution in [2.45, 2.75) is 139 Å². The van der Waals surface area contributed by atoms with E-state index in [1.165, 1.54) is 0 Å². The molecule has 8 atom stereocenters. The summed E-state index contributed by atoms with van der Waals surface area (Å²) in [7, 11) is 0. The predicted molar refractivity (Wildman–Crippen MR) is 187 cm³/mol. The number of aliphatic hydroxyl groups is 1. The molecule has 2 amide bonds. The van der Waals surface area contributed by atoms with Crippen LogP contribution in [0.4, 0.5) is 0 Å². The van der Waals surface area contributed by atoms with Crippen LogP contribution in [0.3, 0.4) is 0 Å². The Morgan fingerprint density at radius 1 is 1.06 bits per heavy atom. The minimum atomic E-state index is -1.37. The summed E-state index contributed by atoms with van der Waals surface area (Å²) in [5.41, 5.74) is -1.10. The topological polar surface area (TPSA) is 153 Å². The van der Waals surface area contributed by atoms with Gasteiger partial charge in [0.25, 0.3) is 0 Å². The van der Waals surface area contributed by atoms with Crippen molar-refractivity contribution in [3.8, 4) is 0 Å². The number of hydrogen-bond acceptors (Lipinski definition) is 11. The maximum absolute atomic E-state index is 15.3. The van der Waals surface area contributed by atoms with Gasteiger partial charge in [0.05, 0.1) is 19.2 Å². The predicted octanol–water partition coefficient (Wildman–Crippen LogP) is 2.98. The van der Waals surface area contributed by atoms with E-state index in [4.69, 9.17) is 23.8 Å². The van der Waals surface area contributed by atoms with Crippen LogP contribution in [-0.2, 0) is 49.5 Å². The van der Waals surface area contributed by atoms with Gasteiger partial charge in [-0.1, -0.05) is 12.1 Å². The maximum Gasteiger partial charge on any atom is 0.327 e. The van der Waals surface area contributed by atoms with Gasteiger partial charge >= 0.3 is 11.9 Å². The Hall–Kier alpha value is -2.37. The highest BCUT2D eigenvalue weighted by atomic mass is 127. The van der Waals surface area contributed by atoms with E-state index in [0.29, 0.717) is 19.4 Å². The Kier molecular flexibility index (Phi) is 9.22. The molecular formula is C37H48IN3O10. The number of hydrogen-bond donors (Lipinski definition) is 2. The van der Waals surface area contributed by atoms with Gasteiger partial charge in [0, 0.05) is 34.8 Å². The number of benzene rings is 1. The molecule has 2 bridgehead atoms. The van der Waals surface area contributed by atoms with Gasteiger partial charge in [0.15, 0.2) is 11.8 Å². The lowest BCUT2D eigenvalue weighted by Gasteiger charge is -2.50. The van der Waals surface area contributed by atoms with Crippen molar-refractivity contribution in [1.29, 1.82) is 0 Å². The molecule has 2 N–H and O–H groups in total. The van der Waals surface area contributed by atoms with Crippen molar-refractivity contribution in [1.82, 2.24) is 15.3 Å². The molecule has 4 aliphatic heterocycles. The number of halogens is 1. The summed E-state index contributed by atoms with van der Waals surface area (Å²) in [6.45, 7) is 5.55.